The van der Waals surface area contributed by atoms with Gasteiger partial charge in [0.2, 0.25) is 0 Å². The van der Waals surface area contributed by atoms with Crippen molar-refractivity contribution in [1.82, 2.24) is 8.97 Å². The number of hydrogen-bond acceptors (Lipinski definition) is 0. The third kappa shape index (κ3) is 3.20. The molecule has 0 unspecified atom stereocenters. The van der Waals surface area contributed by atoms with Crippen LogP contribution in [0.1, 0.15) is 0 Å². The second kappa shape index (κ2) is 8.82. The van der Waals surface area contributed by atoms with E-state index in [-0.39, 0.29) is 0 Å². The SMILES string of the molecule is c1ccc(-c2cccc(-n3c4ccccc4c4cc(-c5ccc6c(c5)c5cccc7c8ccccc8n6c75)ccc43)c2)cc1. The van der Waals surface area contributed by atoms with Crippen LogP contribution in [-0.2, 0) is 0 Å². The fourth-order valence-corrected chi connectivity index (χ4v) is 7.50. The molecule has 0 radical (unpaired) electrons. The first-order chi connectivity index (χ1) is 21.8. The van der Waals surface area contributed by atoms with Crippen LogP contribution in [0, 0.1) is 0 Å². The van der Waals surface area contributed by atoms with E-state index < -0.39 is 0 Å². The van der Waals surface area contributed by atoms with Gasteiger partial charge in [0.1, 0.15) is 0 Å². The summed E-state index contributed by atoms with van der Waals surface area (Å²) < 4.78 is 4.85. The molecule has 0 spiro atoms. The standard InChI is InChI=1S/C42H26N2/c1-2-10-27(11-3-1)28-12-8-13-31(24-28)43-38-18-6-5-15-33(38)36-25-29(20-22-40(36)43)30-21-23-41-37(26-30)35-17-9-16-34-32-14-4-7-19-39(32)44(41)42(34)35/h1-26H. The third-order valence-corrected chi connectivity index (χ3v) is 9.44. The van der Waals surface area contributed by atoms with Gasteiger partial charge in [-0.2, -0.15) is 0 Å². The molecule has 10 rings (SSSR count). The largest absolute Gasteiger partial charge is 0.309 e. The zero-order valence-electron chi connectivity index (χ0n) is 23.9. The van der Waals surface area contributed by atoms with E-state index in [2.05, 4.69) is 167 Å². The first kappa shape index (κ1) is 23.7. The van der Waals surface area contributed by atoms with Crippen LogP contribution in [0.3, 0.4) is 0 Å². The molecule has 0 aliphatic heterocycles. The highest BCUT2D eigenvalue weighted by atomic mass is 15.0. The summed E-state index contributed by atoms with van der Waals surface area (Å²) in [5.41, 5.74) is 12.4. The van der Waals surface area contributed by atoms with Crippen molar-refractivity contribution in [3.63, 3.8) is 0 Å². The molecule has 0 atom stereocenters. The zero-order chi connectivity index (χ0) is 28.8. The maximum absolute atomic E-state index is 2.44. The number of para-hydroxylation sites is 3. The van der Waals surface area contributed by atoms with Crippen LogP contribution in [0.15, 0.2) is 158 Å². The normalized spacial score (nSPS) is 12.1. The van der Waals surface area contributed by atoms with Crippen LogP contribution < -0.4 is 0 Å². The molecule has 2 nitrogen and oxygen atoms in total. The van der Waals surface area contributed by atoms with Gasteiger partial charge >= 0.3 is 0 Å². The second-order valence-electron chi connectivity index (χ2n) is 11.8. The lowest BCUT2D eigenvalue weighted by molar-refractivity contribution is 1.18. The van der Waals surface area contributed by atoms with Crippen molar-refractivity contribution in [2.45, 2.75) is 0 Å². The molecule has 3 heterocycles. The Labute approximate surface area is 254 Å². The summed E-state index contributed by atoms with van der Waals surface area (Å²) in [6, 6.07) is 57.7. The van der Waals surface area contributed by atoms with Crippen molar-refractivity contribution in [3.05, 3.63) is 158 Å². The third-order valence-electron chi connectivity index (χ3n) is 9.44. The first-order valence-electron chi connectivity index (χ1n) is 15.2. The predicted molar refractivity (Wildman–Crippen MR) is 186 cm³/mol. The van der Waals surface area contributed by atoms with Crippen molar-refractivity contribution >= 4 is 59.9 Å². The second-order valence-corrected chi connectivity index (χ2v) is 11.8. The van der Waals surface area contributed by atoms with Gasteiger partial charge < -0.3 is 8.97 Å². The van der Waals surface area contributed by atoms with E-state index in [1.54, 1.807) is 0 Å². The Kier molecular flexibility index (Phi) is 4.75. The van der Waals surface area contributed by atoms with Crippen LogP contribution in [0.25, 0.3) is 87.8 Å². The maximum Gasteiger partial charge on any atom is 0.0620 e. The van der Waals surface area contributed by atoms with Gasteiger partial charge in [0.05, 0.1) is 27.6 Å². The highest BCUT2D eigenvalue weighted by Gasteiger charge is 2.18. The lowest BCUT2D eigenvalue weighted by atomic mass is 10.00. The van der Waals surface area contributed by atoms with Gasteiger partial charge in [-0.25, -0.2) is 0 Å². The number of rotatable bonds is 3. The van der Waals surface area contributed by atoms with Gasteiger partial charge in [-0.05, 0) is 70.8 Å². The van der Waals surface area contributed by atoms with Gasteiger partial charge in [0, 0.05) is 38.0 Å². The Morgan fingerprint density at radius 2 is 0.795 bits per heavy atom. The van der Waals surface area contributed by atoms with E-state index in [1.165, 1.54) is 87.8 Å². The molecule has 0 saturated carbocycles. The quantitative estimate of drug-likeness (QED) is 0.204. The summed E-state index contributed by atoms with van der Waals surface area (Å²) in [4.78, 5) is 0. The number of hydrogen-bond donors (Lipinski definition) is 0. The van der Waals surface area contributed by atoms with Crippen LogP contribution >= 0.6 is 0 Å². The fourth-order valence-electron chi connectivity index (χ4n) is 7.50. The summed E-state index contributed by atoms with van der Waals surface area (Å²) in [6.07, 6.45) is 0. The predicted octanol–water partition coefficient (Wildman–Crippen LogP) is 11.3. The van der Waals surface area contributed by atoms with Gasteiger partial charge in [-0.1, -0.05) is 109 Å². The summed E-state index contributed by atoms with van der Waals surface area (Å²) in [5.74, 6) is 0. The molecule has 0 N–H and O–H groups in total. The molecular formula is C42H26N2. The van der Waals surface area contributed by atoms with E-state index in [0.717, 1.165) is 0 Å². The smallest absolute Gasteiger partial charge is 0.0620 e. The summed E-state index contributed by atoms with van der Waals surface area (Å²) in [5, 5.41) is 7.78. The molecule has 2 heteroatoms. The van der Waals surface area contributed by atoms with Crippen molar-refractivity contribution < 1.29 is 0 Å². The van der Waals surface area contributed by atoms with Crippen LogP contribution in [0.2, 0.25) is 0 Å². The number of aromatic nitrogens is 2. The molecule has 204 valence electrons. The fraction of sp³-hybridized carbons (Fsp3) is 0. The molecule has 0 aliphatic carbocycles. The number of benzene rings is 7. The molecule has 0 aliphatic rings. The van der Waals surface area contributed by atoms with Crippen molar-refractivity contribution in [1.29, 1.82) is 0 Å². The molecule has 0 fully saturated rings. The van der Waals surface area contributed by atoms with E-state index in [4.69, 9.17) is 0 Å². The van der Waals surface area contributed by atoms with Gasteiger partial charge in [-0.3, -0.25) is 0 Å². The van der Waals surface area contributed by atoms with Gasteiger partial charge in [-0.15, -0.1) is 0 Å². The number of fused-ring (bicyclic) bond motifs is 9. The van der Waals surface area contributed by atoms with Gasteiger partial charge in [0.15, 0.2) is 0 Å². The lowest BCUT2D eigenvalue weighted by Crippen LogP contribution is -1.94. The number of nitrogens with zero attached hydrogens (tertiary/aromatic N) is 2. The monoisotopic (exact) mass is 558 g/mol. The topological polar surface area (TPSA) is 9.34 Å². The Hall–Kier alpha value is -5.86. The summed E-state index contributed by atoms with van der Waals surface area (Å²) in [7, 11) is 0. The molecule has 0 saturated heterocycles. The minimum atomic E-state index is 1.17. The van der Waals surface area contributed by atoms with Crippen LogP contribution in [0.5, 0.6) is 0 Å². The van der Waals surface area contributed by atoms with Gasteiger partial charge in [0.25, 0.3) is 0 Å². The van der Waals surface area contributed by atoms with Crippen LogP contribution in [-0.4, -0.2) is 8.97 Å². The molecule has 44 heavy (non-hydrogen) atoms. The first-order valence-corrected chi connectivity index (χ1v) is 15.2. The molecule has 0 bridgehead atoms. The summed E-state index contributed by atoms with van der Waals surface area (Å²) in [6.45, 7) is 0. The average molecular weight is 559 g/mol. The maximum atomic E-state index is 2.44. The van der Waals surface area contributed by atoms with E-state index in [1.807, 2.05) is 0 Å². The van der Waals surface area contributed by atoms with Crippen molar-refractivity contribution in [3.8, 4) is 27.9 Å². The molecule has 0 amide bonds. The Morgan fingerprint density at radius 1 is 0.295 bits per heavy atom. The highest BCUT2D eigenvalue weighted by molar-refractivity contribution is 6.23. The molecule has 10 aromatic rings. The molecule has 7 aromatic carbocycles. The highest BCUT2D eigenvalue weighted by Crippen LogP contribution is 2.41. The molecule has 3 aromatic heterocycles. The summed E-state index contributed by atoms with van der Waals surface area (Å²) >= 11 is 0. The Morgan fingerprint density at radius 3 is 1.59 bits per heavy atom. The van der Waals surface area contributed by atoms with E-state index in [0.29, 0.717) is 0 Å². The van der Waals surface area contributed by atoms with Crippen molar-refractivity contribution in [2.75, 3.05) is 0 Å². The average Bonchev–Trinajstić information content (AvgIpc) is 3.73. The lowest BCUT2D eigenvalue weighted by Gasteiger charge is -2.11. The zero-order valence-corrected chi connectivity index (χ0v) is 23.9. The minimum absolute atomic E-state index is 1.17. The van der Waals surface area contributed by atoms with E-state index in [9.17, 15) is 0 Å². The van der Waals surface area contributed by atoms with Crippen molar-refractivity contribution in [2.24, 2.45) is 0 Å². The Balaban J connectivity index is 1.18. The van der Waals surface area contributed by atoms with Crippen LogP contribution in [0.4, 0.5) is 0 Å². The minimum Gasteiger partial charge on any atom is -0.309 e. The Bertz CT molecular complexity index is 2710. The van der Waals surface area contributed by atoms with E-state index >= 15 is 0 Å². The molecular weight excluding hydrogens is 532 g/mol.